The fraction of sp³-hybridized carbons (Fsp3) is 0.500. The largest absolute Gasteiger partial charge is 0.390 e. The summed E-state index contributed by atoms with van der Waals surface area (Å²) in [6.07, 6.45) is 0. The number of halogens is 1. The van der Waals surface area contributed by atoms with Gasteiger partial charge in [0.2, 0.25) is 0 Å². The van der Waals surface area contributed by atoms with Gasteiger partial charge in [0.25, 0.3) is 0 Å². The zero-order chi connectivity index (χ0) is 8.15. The summed E-state index contributed by atoms with van der Waals surface area (Å²) >= 11 is 3.19. The molecule has 0 spiro atoms. The minimum Gasteiger partial charge on any atom is -0.390 e. The fourth-order valence-electron chi connectivity index (χ4n) is 0.434. The molecule has 58 valence electrons. The molecule has 0 fully saturated rings. The van der Waals surface area contributed by atoms with Crippen LogP contribution >= 0.6 is 15.9 Å². The second-order valence-electron chi connectivity index (χ2n) is 1.92. The van der Waals surface area contributed by atoms with Crippen molar-refractivity contribution in [1.82, 2.24) is 0 Å². The SMILES string of the molecule is C[NH2+]/C(C)=C(/Br)C(=N)CO. The second kappa shape index (κ2) is 4.60. The van der Waals surface area contributed by atoms with E-state index >= 15 is 0 Å². The monoisotopic (exact) mass is 207 g/mol. The van der Waals surface area contributed by atoms with E-state index in [0.717, 1.165) is 5.70 Å². The van der Waals surface area contributed by atoms with Gasteiger partial charge in [0.15, 0.2) is 0 Å². The number of rotatable bonds is 3. The first-order valence-corrected chi connectivity index (χ1v) is 3.77. The Hall–Kier alpha value is -0.190. The minimum absolute atomic E-state index is 0.217. The average molecular weight is 208 g/mol. The van der Waals surface area contributed by atoms with Crippen LogP contribution in [0.15, 0.2) is 10.2 Å². The third kappa shape index (κ3) is 2.60. The van der Waals surface area contributed by atoms with Gasteiger partial charge >= 0.3 is 0 Å². The van der Waals surface area contributed by atoms with Crippen molar-refractivity contribution in [2.24, 2.45) is 0 Å². The van der Waals surface area contributed by atoms with Gasteiger partial charge in [-0.05, 0) is 15.9 Å². The van der Waals surface area contributed by atoms with Crippen LogP contribution in [0.2, 0.25) is 0 Å². The van der Waals surface area contributed by atoms with Crippen LogP contribution in [-0.2, 0) is 0 Å². The minimum atomic E-state index is -0.217. The van der Waals surface area contributed by atoms with Crippen molar-refractivity contribution in [2.75, 3.05) is 13.7 Å². The maximum absolute atomic E-state index is 8.55. The van der Waals surface area contributed by atoms with Gasteiger partial charge in [0.05, 0.1) is 23.8 Å². The maximum atomic E-state index is 8.55. The number of aliphatic hydroxyl groups is 1. The van der Waals surface area contributed by atoms with E-state index < -0.39 is 0 Å². The summed E-state index contributed by atoms with van der Waals surface area (Å²) in [5, 5.41) is 17.6. The van der Waals surface area contributed by atoms with E-state index in [1.165, 1.54) is 0 Å². The van der Waals surface area contributed by atoms with Crippen molar-refractivity contribution in [3.63, 3.8) is 0 Å². The summed E-state index contributed by atoms with van der Waals surface area (Å²) in [7, 11) is 1.89. The molecule has 0 aromatic carbocycles. The third-order valence-corrected chi connectivity index (χ3v) is 2.31. The fourth-order valence-corrected chi connectivity index (χ4v) is 0.788. The Morgan fingerprint density at radius 1 is 1.70 bits per heavy atom. The Bertz CT molecular complexity index is 165. The smallest absolute Gasteiger partial charge is 0.118 e. The molecule has 4 N–H and O–H groups in total. The second-order valence-corrected chi connectivity index (χ2v) is 2.72. The van der Waals surface area contributed by atoms with Gasteiger partial charge in [-0.1, -0.05) is 0 Å². The topological polar surface area (TPSA) is 60.7 Å². The molecule has 0 heterocycles. The summed E-state index contributed by atoms with van der Waals surface area (Å²) in [5.41, 5.74) is 1.19. The quantitative estimate of drug-likeness (QED) is 0.553. The van der Waals surface area contributed by atoms with Crippen LogP contribution in [0.5, 0.6) is 0 Å². The van der Waals surface area contributed by atoms with Crippen LogP contribution in [0.1, 0.15) is 6.92 Å². The zero-order valence-corrected chi connectivity index (χ0v) is 7.70. The van der Waals surface area contributed by atoms with Gasteiger partial charge in [-0.25, -0.2) is 0 Å². The van der Waals surface area contributed by atoms with E-state index in [1.54, 1.807) is 0 Å². The molecule has 0 amide bonds. The van der Waals surface area contributed by atoms with Gasteiger partial charge in [-0.3, -0.25) is 0 Å². The van der Waals surface area contributed by atoms with E-state index in [2.05, 4.69) is 15.9 Å². The number of nitrogens with one attached hydrogen (secondary N) is 1. The summed E-state index contributed by atoms with van der Waals surface area (Å²) in [5.74, 6) is 0. The first-order valence-electron chi connectivity index (χ1n) is 2.97. The summed E-state index contributed by atoms with van der Waals surface area (Å²) in [4.78, 5) is 0. The van der Waals surface area contributed by atoms with Crippen molar-refractivity contribution in [3.05, 3.63) is 10.2 Å². The molecule has 0 aromatic rings. The van der Waals surface area contributed by atoms with Gasteiger partial charge in [-0.2, -0.15) is 0 Å². The lowest BCUT2D eigenvalue weighted by Crippen LogP contribution is -2.77. The van der Waals surface area contributed by atoms with E-state index in [4.69, 9.17) is 10.5 Å². The summed E-state index contributed by atoms with van der Waals surface area (Å²) in [6.45, 7) is 1.67. The molecule has 0 aliphatic carbocycles. The number of nitrogens with two attached hydrogens (primary N) is 1. The molecule has 10 heavy (non-hydrogen) atoms. The molecule has 0 bridgehead atoms. The number of quaternary nitrogens is 1. The van der Waals surface area contributed by atoms with Crippen LogP contribution in [0.4, 0.5) is 0 Å². The Kier molecular flexibility index (Phi) is 4.51. The van der Waals surface area contributed by atoms with Crippen LogP contribution in [0, 0.1) is 5.41 Å². The van der Waals surface area contributed by atoms with Gasteiger partial charge in [0, 0.05) is 6.92 Å². The van der Waals surface area contributed by atoms with Crippen molar-refractivity contribution in [1.29, 1.82) is 5.41 Å². The van der Waals surface area contributed by atoms with Crippen LogP contribution in [0.25, 0.3) is 0 Å². The third-order valence-electron chi connectivity index (χ3n) is 1.20. The molecule has 0 aliphatic rings. The lowest BCUT2D eigenvalue weighted by atomic mass is 10.3. The molecule has 0 saturated heterocycles. The highest BCUT2D eigenvalue weighted by atomic mass is 79.9. The van der Waals surface area contributed by atoms with Gasteiger partial charge in [-0.15, -0.1) is 0 Å². The number of hydrogen-bond donors (Lipinski definition) is 3. The van der Waals surface area contributed by atoms with Gasteiger partial charge in [0.1, 0.15) is 5.70 Å². The van der Waals surface area contributed by atoms with Gasteiger partial charge < -0.3 is 15.8 Å². The zero-order valence-electron chi connectivity index (χ0n) is 6.11. The Balaban J connectivity index is 4.30. The van der Waals surface area contributed by atoms with Crippen molar-refractivity contribution in [2.45, 2.75) is 6.92 Å². The molecule has 0 unspecified atom stereocenters. The molecule has 0 atom stereocenters. The molecule has 4 heteroatoms. The Labute approximate surface area is 68.8 Å². The van der Waals surface area contributed by atoms with E-state index in [9.17, 15) is 0 Å². The molecular formula is C6H12BrN2O+. The van der Waals surface area contributed by atoms with E-state index in [-0.39, 0.29) is 12.3 Å². The summed E-state index contributed by atoms with van der Waals surface area (Å²) < 4.78 is 0.678. The van der Waals surface area contributed by atoms with Crippen molar-refractivity contribution < 1.29 is 10.4 Å². The Morgan fingerprint density at radius 3 is 2.50 bits per heavy atom. The molecule has 3 nitrogen and oxygen atoms in total. The van der Waals surface area contributed by atoms with E-state index in [0.29, 0.717) is 4.48 Å². The maximum Gasteiger partial charge on any atom is 0.118 e. The predicted octanol–water partition coefficient (Wildman–Crippen LogP) is -0.182. The first kappa shape index (κ1) is 9.81. The van der Waals surface area contributed by atoms with Crippen molar-refractivity contribution in [3.8, 4) is 0 Å². The van der Waals surface area contributed by atoms with Crippen LogP contribution in [-0.4, -0.2) is 24.5 Å². The number of aliphatic hydroxyl groups excluding tert-OH is 1. The number of hydrogen-bond acceptors (Lipinski definition) is 2. The van der Waals surface area contributed by atoms with Crippen LogP contribution in [0.3, 0.4) is 0 Å². The highest BCUT2D eigenvalue weighted by Crippen LogP contribution is 2.07. The normalized spacial score (nSPS) is 12.8. The molecule has 0 saturated carbocycles. The molecular weight excluding hydrogens is 196 g/mol. The first-order chi connectivity index (χ1) is 4.63. The molecule has 0 aliphatic heterocycles. The average Bonchev–Trinajstić information content (AvgIpc) is 2.00. The highest BCUT2D eigenvalue weighted by Gasteiger charge is 2.05. The molecule has 0 aromatic heterocycles. The standard InChI is InChI=1S/C6H11BrN2O/c1-4(9-2)6(7)5(8)3-10/h8-10H,3H2,1-2H3/p+1/b6-4+,8-5?. The lowest BCUT2D eigenvalue weighted by Gasteiger charge is -1.99. The number of allylic oxidation sites excluding steroid dienone is 1. The molecule has 0 rings (SSSR count). The molecule has 0 radical (unpaired) electrons. The van der Waals surface area contributed by atoms with Crippen LogP contribution < -0.4 is 5.32 Å². The summed E-state index contributed by atoms with van der Waals surface area (Å²) in [6, 6.07) is 0. The predicted molar refractivity (Wildman–Crippen MR) is 44.3 cm³/mol. The lowest BCUT2D eigenvalue weighted by molar-refractivity contribution is -0.575. The van der Waals surface area contributed by atoms with E-state index in [1.807, 2.05) is 19.3 Å². The highest BCUT2D eigenvalue weighted by molar-refractivity contribution is 9.12. The Morgan fingerprint density at radius 2 is 2.20 bits per heavy atom. The van der Waals surface area contributed by atoms with Crippen molar-refractivity contribution >= 4 is 21.6 Å².